The van der Waals surface area contributed by atoms with Crippen LogP contribution in [0.3, 0.4) is 0 Å². The third kappa shape index (κ3) is 2.25. The summed E-state index contributed by atoms with van der Waals surface area (Å²) >= 11 is 5.87. The molecule has 0 bridgehead atoms. The normalized spacial score (nSPS) is 10.9. The van der Waals surface area contributed by atoms with E-state index in [9.17, 15) is 0 Å². The Hall–Kier alpha value is -0.490. The summed E-state index contributed by atoms with van der Waals surface area (Å²) in [5, 5.41) is 0. The van der Waals surface area contributed by atoms with Crippen molar-refractivity contribution < 1.29 is 0 Å². The highest BCUT2D eigenvalue weighted by Gasteiger charge is 2.05. The molecule has 0 N–H and O–H groups in total. The second-order valence-corrected chi connectivity index (χ2v) is 4.19. The summed E-state index contributed by atoms with van der Waals surface area (Å²) in [4.78, 5) is 0. The molecule has 0 aliphatic rings. The fourth-order valence-electron chi connectivity index (χ4n) is 1.57. The van der Waals surface area contributed by atoms with Gasteiger partial charge in [0, 0.05) is 5.88 Å². The Morgan fingerprint density at radius 3 is 1.92 bits per heavy atom. The maximum atomic E-state index is 5.87. The Morgan fingerprint density at radius 2 is 1.62 bits per heavy atom. The van der Waals surface area contributed by atoms with Gasteiger partial charge in [0.2, 0.25) is 0 Å². The number of alkyl halides is 1. The van der Waals surface area contributed by atoms with E-state index in [2.05, 4.69) is 39.8 Å². The lowest BCUT2D eigenvalue weighted by Crippen LogP contribution is -1.95. The average molecular weight is 197 g/mol. The molecule has 0 spiro atoms. The molecule has 0 nitrogen and oxygen atoms in total. The van der Waals surface area contributed by atoms with Gasteiger partial charge in [-0.05, 0) is 42.0 Å². The first-order valence-corrected chi connectivity index (χ1v) is 5.25. The summed E-state index contributed by atoms with van der Waals surface area (Å²) in [7, 11) is 0. The molecule has 0 aliphatic heterocycles. The fourth-order valence-corrected chi connectivity index (χ4v) is 1.99. The number of hydrogen-bond acceptors (Lipinski definition) is 0. The van der Waals surface area contributed by atoms with Crippen LogP contribution in [0, 0.1) is 13.8 Å². The number of hydrogen-bond donors (Lipinski definition) is 0. The third-order valence-corrected chi connectivity index (χ3v) is 2.79. The summed E-state index contributed by atoms with van der Waals surface area (Å²) in [6.07, 6.45) is 0. The van der Waals surface area contributed by atoms with Crippen molar-refractivity contribution in [3.05, 3.63) is 34.4 Å². The van der Waals surface area contributed by atoms with Crippen molar-refractivity contribution in [2.24, 2.45) is 0 Å². The minimum Gasteiger partial charge on any atom is -0.122 e. The lowest BCUT2D eigenvalue weighted by molar-refractivity contribution is 0.861. The summed E-state index contributed by atoms with van der Waals surface area (Å²) in [6, 6.07) is 4.49. The zero-order valence-corrected chi connectivity index (χ0v) is 9.57. The van der Waals surface area contributed by atoms with E-state index in [0.29, 0.717) is 11.8 Å². The largest absolute Gasteiger partial charge is 0.122 e. The molecule has 1 aromatic rings. The van der Waals surface area contributed by atoms with E-state index < -0.39 is 0 Å². The summed E-state index contributed by atoms with van der Waals surface area (Å²) < 4.78 is 0. The molecule has 1 aromatic carbocycles. The Kier molecular flexibility index (Phi) is 3.38. The Bertz CT molecular complexity index is 277. The summed E-state index contributed by atoms with van der Waals surface area (Å²) in [6.45, 7) is 8.70. The first-order chi connectivity index (χ1) is 6.06. The molecule has 72 valence electrons. The monoisotopic (exact) mass is 196 g/mol. The van der Waals surface area contributed by atoms with Gasteiger partial charge in [0.05, 0.1) is 0 Å². The van der Waals surface area contributed by atoms with Crippen molar-refractivity contribution in [1.29, 1.82) is 0 Å². The van der Waals surface area contributed by atoms with Crippen LogP contribution in [0.2, 0.25) is 0 Å². The molecule has 0 heterocycles. The van der Waals surface area contributed by atoms with E-state index in [1.54, 1.807) is 0 Å². The molecule has 0 aliphatic carbocycles. The van der Waals surface area contributed by atoms with E-state index in [4.69, 9.17) is 11.6 Å². The second kappa shape index (κ2) is 4.15. The molecule has 0 saturated heterocycles. The number of rotatable bonds is 2. The van der Waals surface area contributed by atoms with Crippen LogP contribution in [-0.4, -0.2) is 0 Å². The maximum absolute atomic E-state index is 5.87. The van der Waals surface area contributed by atoms with Crippen LogP contribution in [0.15, 0.2) is 12.1 Å². The third-order valence-electron chi connectivity index (χ3n) is 2.52. The highest BCUT2D eigenvalue weighted by molar-refractivity contribution is 6.17. The predicted octanol–water partition coefficient (Wildman–Crippen LogP) is 4.17. The molecular weight excluding hydrogens is 180 g/mol. The second-order valence-electron chi connectivity index (χ2n) is 3.92. The standard InChI is InChI=1S/C12H17Cl/c1-8(2)11-5-9(3)12(7-13)10(4)6-11/h5-6,8H,7H2,1-4H3. The van der Waals surface area contributed by atoms with Gasteiger partial charge in [0.1, 0.15) is 0 Å². The first kappa shape index (κ1) is 10.6. The number of aryl methyl sites for hydroxylation is 2. The lowest BCUT2D eigenvalue weighted by atomic mass is 9.95. The molecule has 0 amide bonds. The Balaban J connectivity index is 3.20. The summed E-state index contributed by atoms with van der Waals surface area (Å²) in [5.41, 5.74) is 5.33. The topological polar surface area (TPSA) is 0 Å². The molecule has 13 heavy (non-hydrogen) atoms. The van der Waals surface area contributed by atoms with Crippen LogP contribution in [0.4, 0.5) is 0 Å². The van der Waals surface area contributed by atoms with Crippen LogP contribution in [0.5, 0.6) is 0 Å². The van der Waals surface area contributed by atoms with Crippen molar-refractivity contribution in [1.82, 2.24) is 0 Å². The van der Waals surface area contributed by atoms with E-state index in [1.807, 2.05) is 0 Å². The first-order valence-electron chi connectivity index (χ1n) is 4.72. The highest BCUT2D eigenvalue weighted by atomic mass is 35.5. The van der Waals surface area contributed by atoms with E-state index >= 15 is 0 Å². The molecule has 0 atom stereocenters. The van der Waals surface area contributed by atoms with Gasteiger partial charge >= 0.3 is 0 Å². The van der Waals surface area contributed by atoms with Crippen molar-refractivity contribution >= 4 is 11.6 Å². The SMILES string of the molecule is Cc1cc(C(C)C)cc(C)c1CCl. The van der Waals surface area contributed by atoms with Crippen LogP contribution >= 0.6 is 11.6 Å². The van der Waals surface area contributed by atoms with Crippen molar-refractivity contribution in [3.63, 3.8) is 0 Å². The quantitative estimate of drug-likeness (QED) is 0.623. The van der Waals surface area contributed by atoms with Crippen LogP contribution < -0.4 is 0 Å². The van der Waals surface area contributed by atoms with Crippen molar-refractivity contribution in [2.45, 2.75) is 39.5 Å². The molecule has 0 radical (unpaired) electrons. The average Bonchev–Trinajstić information content (AvgIpc) is 2.03. The predicted molar refractivity (Wildman–Crippen MR) is 59.6 cm³/mol. The van der Waals surface area contributed by atoms with Gasteiger partial charge in [-0.15, -0.1) is 11.6 Å². The maximum Gasteiger partial charge on any atom is 0.0479 e. The van der Waals surface area contributed by atoms with Crippen LogP contribution in [0.25, 0.3) is 0 Å². The summed E-state index contributed by atoms with van der Waals surface area (Å²) in [5.74, 6) is 1.22. The fraction of sp³-hybridized carbons (Fsp3) is 0.500. The van der Waals surface area contributed by atoms with Gasteiger partial charge < -0.3 is 0 Å². The molecule has 1 heteroatoms. The van der Waals surface area contributed by atoms with Crippen LogP contribution in [-0.2, 0) is 5.88 Å². The van der Waals surface area contributed by atoms with Gasteiger partial charge in [0.15, 0.2) is 0 Å². The van der Waals surface area contributed by atoms with E-state index in [1.165, 1.54) is 22.3 Å². The molecule has 0 aromatic heterocycles. The van der Waals surface area contributed by atoms with Gasteiger partial charge in [0.25, 0.3) is 0 Å². The van der Waals surface area contributed by atoms with E-state index in [-0.39, 0.29) is 0 Å². The van der Waals surface area contributed by atoms with E-state index in [0.717, 1.165) is 0 Å². The smallest absolute Gasteiger partial charge is 0.0479 e. The van der Waals surface area contributed by atoms with Gasteiger partial charge in [-0.2, -0.15) is 0 Å². The minimum absolute atomic E-state index is 0.599. The van der Waals surface area contributed by atoms with Gasteiger partial charge in [-0.3, -0.25) is 0 Å². The van der Waals surface area contributed by atoms with Gasteiger partial charge in [-0.1, -0.05) is 26.0 Å². The minimum atomic E-state index is 0.599. The Morgan fingerprint density at radius 1 is 1.15 bits per heavy atom. The van der Waals surface area contributed by atoms with Crippen LogP contribution in [0.1, 0.15) is 42.0 Å². The zero-order valence-electron chi connectivity index (χ0n) is 8.82. The molecule has 0 unspecified atom stereocenters. The van der Waals surface area contributed by atoms with Gasteiger partial charge in [-0.25, -0.2) is 0 Å². The number of benzene rings is 1. The zero-order chi connectivity index (χ0) is 10.0. The number of halogens is 1. The molecule has 0 fully saturated rings. The molecular formula is C12H17Cl. The molecule has 1 rings (SSSR count). The van der Waals surface area contributed by atoms with Crippen molar-refractivity contribution in [3.8, 4) is 0 Å². The Labute approximate surface area is 85.9 Å². The molecule has 0 saturated carbocycles. The highest BCUT2D eigenvalue weighted by Crippen LogP contribution is 2.23. The van der Waals surface area contributed by atoms with Crippen molar-refractivity contribution in [2.75, 3.05) is 0 Å². The lowest BCUT2D eigenvalue weighted by Gasteiger charge is -2.12.